The molecular weight excluding hydrogens is 398 g/mol. The van der Waals surface area contributed by atoms with Crippen LogP contribution < -0.4 is 20.3 Å². The first-order valence-electron chi connectivity index (χ1n) is 10.3. The summed E-state index contributed by atoms with van der Waals surface area (Å²) in [5, 5.41) is 5.15. The maximum atomic E-state index is 12.2. The third kappa shape index (κ3) is 6.47. The predicted molar refractivity (Wildman–Crippen MR) is 117 cm³/mol. The van der Waals surface area contributed by atoms with Crippen LogP contribution in [0.25, 0.3) is 0 Å². The lowest BCUT2D eigenvalue weighted by molar-refractivity contribution is -0.146. The van der Waals surface area contributed by atoms with E-state index >= 15 is 0 Å². The van der Waals surface area contributed by atoms with Crippen LogP contribution in [0.3, 0.4) is 0 Å². The highest BCUT2D eigenvalue weighted by Gasteiger charge is 2.14. The molecule has 2 amide bonds. The Morgan fingerprint density at radius 1 is 0.968 bits per heavy atom. The third-order valence-corrected chi connectivity index (χ3v) is 4.98. The lowest BCUT2D eigenvalue weighted by Crippen LogP contribution is -2.32. The summed E-state index contributed by atoms with van der Waals surface area (Å²) in [4.78, 5) is 38.4. The molecule has 2 N–H and O–H groups in total. The van der Waals surface area contributed by atoms with Gasteiger partial charge in [0.05, 0.1) is 12.7 Å². The Balaban J connectivity index is 1.40. The molecule has 2 aromatic carbocycles. The predicted octanol–water partition coefficient (Wildman–Crippen LogP) is 2.60. The molecule has 0 radical (unpaired) electrons. The topological polar surface area (TPSA) is 97.0 Å². The van der Waals surface area contributed by atoms with Crippen molar-refractivity contribution < 1.29 is 23.9 Å². The molecule has 0 spiro atoms. The van der Waals surface area contributed by atoms with Crippen LogP contribution in [-0.4, -0.2) is 51.1 Å². The molecule has 0 aromatic heterocycles. The third-order valence-electron chi connectivity index (χ3n) is 4.98. The van der Waals surface area contributed by atoms with Gasteiger partial charge in [0, 0.05) is 24.5 Å². The molecule has 1 fully saturated rings. The number of hydrogen-bond acceptors (Lipinski definition) is 6. The smallest absolute Gasteiger partial charge is 0.325 e. The van der Waals surface area contributed by atoms with E-state index in [0.717, 1.165) is 18.8 Å². The summed E-state index contributed by atoms with van der Waals surface area (Å²) in [6.07, 6.45) is 3.67. The quantitative estimate of drug-likeness (QED) is 0.631. The molecule has 0 bridgehead atoms. The number of nitrogens with zero attached hydrogens (tertiary/aromatic N) is 1. The van der Waals surface area contributed by atoms with Crippen molar-refractivity contribution in [3.8, 4) is 5.75 Å². The number of nitrogens with one attached hydrogen (secondary N) is 2. The Bertz CT molecular complexity index is 908. The fourth-order valence-corrected chi connectivity index (χ4v) is 3.38. The molecule has 0 unspecified atom stereocenters. The first-order chi connectivity index (χ1) is 15.1. The minimum atomic E-state index is -0.709. The molecule has 8 heteroatoms. The van der Waals surface area contributed by atoms with Gasteiger partial charge in [-0.3, -0.25) is 14.4 Å². The molecule has 8 nitrogen and oxygen atoms in total. The standard InChI is InChI=1S/C23H27N3O5/c1-30-20-8-4-3-7-19(20)23(29)24-15-22(28)31-16-21(27)25-17-9-11-18(12-10-17)26-13-5-2-6-14-26/h3-4,7-12H,2,5-6,13-16H2,1H3,(H,24,29)(H,25,27). The van der Waals surface area contributed by atoms with E-state index in [1.807, 2.05) is 24.3 Å². The first-order valence-corrected chi connectivity index (χ1v) is 10.3. The monoisotopic (exact) mass is 425 g/mol. The molecule has 1 aliphatic heterocycles. The van der Waals surface area contributed by atoms with Gasteiger partial charge < -0.3 is 25.0 Å². The summed E-state index contributed by atoms with van der Waals surface area (Å²) in [5.41, 5.74) is 2.07. The fourth-order valence-electron chi connectivity index (χ4n) is 3.38. The van der Waals surface area contributed by atoms with E-state index in [9.17, 15) is 14.4 Å². The lowest BCUT2D eigenvalue weighted by Gasteiger charge is -2.28. The van der Waals surface area contributed by atoms with E-state index in [1.54, 1.807) is 24.3 Å². The zero-order chi connectivity index (χ0) is 22.1. The lowest BCUT2D eigenvalue weighted by atomic mass is 10.1. The molecule has 1 saturated heterocycles. The van der Waals surface area contributed by atoms with Gasteiger partial charge in [-0.25, -0.2) is 0 Å². The Hall–Kier alpha value is -3.55. The summed E-state index contributed by atoms with van der Waals surface area (Å²) < 4.78 is 10.1. The maximum Gasteiger partial charge on any atom is 0.325 e. The normalized spacial score (nSPS) is 13.3. The van der Waals surface area contributed by atoms with Crippen LogP contribution in [0.15, 0.2) is 48.5 Å². The summed E-state index contributed by atoms with van der Waals surface area (Å²) >= 11 is 0. The van der Waals surface area contributed by atoms with E-state index in [0.29, 0.717) is 17.0 Å². The average Bonchev–Trinajstić information content (AvgIpc) is 2.82. The van der Waals surface area contributed by atoms with Crippen LogP contribution in [0.5, 0.6) is 5.75 Å². The molecule has 1 aliphatic rings. The number of hydrogen-bond donors (Lipinski definition) is 2. The molecular formula is C23H27N3O5. The molecule has 0 saturated carbocycles. The van der Waals surface area contributed by atoms with Gasteiger partial charge in [0.2, 0.25) is 0 Å². The van der Waals surface area contributed by atoms with Gasteiger partial charge in [-0.2, -0.15) is 0 Å². The maximum absolute atomic E-state index is 12.2. The van der Waals surface area contributed by atoms with Gasteiger partial charge in [0.25, 0.3) is 11.8 Å². The SMILES string of the molecule is COc1ccccc1C(=O)NCC(=O)OCC(=O)Nc1ccc(N2CCCCC2)cc1. The number of amides is 2. The number of para-hydroxylation sites is 1. The summed E-state index contributed by atoms with van der Waals surface area (Å²) in [6.45, 7) is 1.32. The van der Waals surface area contributed by atoms with Gasteiger partial charge in [-0.15, -0.1) is 0 Å². The van der Waals surface area contributed by atoms with Crippen LogP contribution in [0.4, 0.5) is 11.4 Å². The van der Waals surface area contributed by atoms with Gasteiger partial charge >= 0.3 is 5.97 Å². The highest BCUT2D eigenvalue weighted by atomic mass is 16.5. The number of carbonyl (C=O) groups is 3. The van der Waals surface area contributed by atoms with Crippen molar-refractivity contribution in [2.75, 3.05) is 43.6 Å². The second-order valence-corrected chi connectivity index (χ2v) is 7.19. The van der Waals surface area contributed by atoms with Crippen molar-refractivity contribution in [2.45, 2.75) is 19.3 Å². The van der Waals surface area contributed by atoms with Gasteiger partial charge in [-0.1, -0.05) is 12.1 Å². The van der Waals surface area contributed by atoms with Crippen molar-refractivity contribution in [1.82, 2.24) is 5.32 Å². The minimum Gasteiger partial charge on any atom is -0.496 e. The number of ether oxygens (including phenoxy) is 2. The Morgan fingerprint density at radius 3 is 2.39 bits per heavy atom. The van der Waals surface area contributed by atoms with E-state index < -0.39 is 24.4 Å². The summed E-state index contributed by atoms with van der Waals surface area (Å²) in [6, 6.07) is 14.3. The fraction of sp³-hybridized carbons (Fsp3) is 0.348. The van der Waals surface area contributed by atoms with Crippen molar-refractivity contribution >= 4 is 29.2 Å². The van der Waals surface area contributed by atoms with Gasteiger partial charge in [0.15, 0.2) is 6.61 Å². The Morgan fingerprint density at radius 2 is 1.68 bits per heavy atom. The number of carbonyl (C=O) groups excluding carboxylic acids is 3. The second kappa shape index (κ2) is 11.0. The largest absolute Gasteiger partial charge is 0.496 e. The molecule has 3 rings (SSSR count). The van der Waals surface area contributed by atoms with E-state index in [4.69, 9.17) is 9.47 Å². The van der Waals surface area contributed by atoms with Crippen molar-refractivity contribution in [3.63, 3.8) is 0 Å². The van der Waals surface area contributed by atoms with E-state index in [-0.39, 0.29) is 6.54 Å². The number of rotatable bonds is 8. The molecule has 164 valence electrons. The summed E-state index contributed by atoms with van der Waals surface area (Å²) in [7, 11) is 1.46. The number of methoxy groups -OCH3 is 1. The van der Waals surface area contributed by atoms with E-state index in [2.05, 4.69) is 15.5 Å². The van der Waals surface area contributed by atoms with Gasteiger partial charge in [0.1, 0.15) is 12.3 Å². The van der Waals surface area contributed by atoms with Crippen LogP contribution in [0.1, 0.15) is 29.6 Å². The Labute approximate surface area is 181 Å². The average molecular weight is 425 g/mol. The first kappa shape index (κ1) is 22.1. The molecule has 31 heavy (non-hydrogen) atoms. The zero-order valence-corrected chi connectivity index (χ0v) is 17.6. The number of esters is 1. The molecule has 2 aromatic rings. The van der Waals surface area contributed by atoms with Crippen molar-refractivity contribution in [3.05, 3.63) is 54.1 Å². The highest BCUT2D eigenvalue weighted by molar-refractivity contribution is 5.98. The van der Waals surface area contributed by atoms with Gasteiger partial charge in [-0.05, 0) is 55.7 Å². The minimum absolute atomic E-state index is 0.309. The van der Waals surface area contributed by atoms with Crippen LogP contribution >= 0.6 is 0 Å². The van der Waals surface area contributed by atoms with E-state index in [1.165, 1.54) is 26.4 Å². The summed E-state index contributed by atoms with van der Waals surface area (Å²) in [5.74, 6) is -1.22. The number of benzene rings is 2. The molecule has 0 aliphatic carbocycles. The molecule has 0 atom stereocenters. The number of anilines is 2. The van der Waals surface area contributed by atoms with Crippen molar-refractivity contribution in [1.29, 1.82) is 0 Å². The highest BCUT2D eigenvalue weighted by Crippen LogP contribution is 2.21. The molecule has 1 heterocycles. The Kier molecular flexibility index (Phi) is 7.86. The number of piperidine rings is 1. The second-order valence-electron chi connectivity index (χ2n) is 7.19. The zero-order valence-electron chi connectivity index (χ0n) is 17.6. The van der Waals surface area contributed by atoms with Crippen LogP contribution in [0, 0.1) is 0 Å². The van der Waals surface area contributed by atoms with Crippen LogP contribution in [0.2, 0.25) is 0 Å². The van der Waals surface area contributed by atoms with Crippen molar-refractivity contribution in [2.24, 2.45) is 0 Å². The van der Waals surface area contributed by atoms with Crippen LogP contribution in [-0.2, 0) is 14.3 Å².